The van der Waals surface area contributed by atoms with Crippen LogP contribution in [-0.4, -0.2) is 46.8 Å². The second kappa shape index (κ2) is 6.77. The van der Waals surface area contributed by atoms with Crippen molar-refractivity contribution < 1.29 is 14.6 Å². The van der Waals surface area contributed by atoms with Gasteiger partial charge >= 0.3 is 0 Å². The number of ether oxygens (including phenoxy) is 1. The molecule has 5 nitrogen and oxygen atoms in total. The number of carbonyl (C=O) groups excluding carboxylic acids is 1. The zero-order valence-corrected chi connectivity index (χ0v) is 13.6. The number of hydrogen-bond donors (Lipinski definition) is 2. The summed E-state index contributed by atoms with van der Waals surface area (Å²) in [6, 6.07) is 7.66. The molecular weight excluding hydrogens is 280 g/mol. The SMILES string of the molecule is CC(C)(C)OCC(O)CN1Cc2ccccc2C[C@H]1C(N)=O. The lowest BCUT2D eigenvalue weighted by Crippen LogP contribution is -2.51. The number of aliphatic hydroxyl groups is 1. The average Bonchev–Trinajstić information content (AvgIpc) is 2.43. The molecule has 1 aliphatic rings. The van der Waals surface area contributed by atoms with Crippen LogP contribution < -0.4 is 5.73 Å². The first kappa shape index (κ1) is 16.9. The zero-order chi connectivity index (χ0) is 16.3. The van der Waals surface area contributed by atoms with Gasteiger partial charge in [0, 0.05) is 13.1 Å². The van der Waals surface area contributed by atoms with E-state index in [4.69, 9.17) is 10.5 Å². The van der Waals surface area contributed by atoms with Gasteiger partial charge in [0.25, 0.3) is 0 Å². The lowest BCUT2D eigenvalue weighted by atomic mass is 9.93. The standard InChI is InChI=1S/C17H26N2O3/c1-17(2,3)22-11-14(20)10-19-9-13-7-5-4-6-12(13)8-15(19)16(18)21/h4-7,14-15,20H,8-11H2,1-3H3,(H2,18,21)/t14?,15-/m0/s1. The molecular formula is C17H26N2O3. The number of primary amides is 1. The molecule has 2 atom stereocenters. The molecule has 2 rings (SSSR count). The van der Waals surface area contributed by atoms with Crippen LogP contribution in [0.1, 0.15) is 31.9 Å². The molecule has 1 aliphatic heterocycles. The molecule has 1 aromatic rings. The highest BCUT2D eigenvalue weighted by molar-refractivity contribution is 5.80. The smallest absolute Gasteiger partial charge is 0.235 e. The summed E-state index contributed by atoms with van der Waals surface area (Å²) in [5.74, 6) is -0.349. The number of benzene rings is 1. The van der Waals surface area contributed by atoms with Gasteiger partial charge < -0.3 is 15.6 Å². The first-order valence-electron chi connectivity index (χ1n) is 7.68. The van der Waals surface area contributed by atoms with E-state index in [1.54, 1.807) is 0 Å². The van der Waals surface area contributed by atoms with Crippen molar-refractivity contribution in [2.24, 2.45) is 5.73 Å². The zero-order valence-electron chi connectivity index (χ0n) is 13.6. The van der Waals surface area contributed by atoms with Crippen LogP contribution >= 0.6 is 0 Å². The fraction of sp³-hybridized carbons (Fsp3) is 0.588. The predicted octanol–water partition coefficient (Wildman–Crippen LogP) is 1.07. The molecule has 5 heteroatoms. The van der Waals surface area contributed by atoms with E-state index in [1.165, 1.54) is 5.56 Å². The van der Waals surface area contributed by atoms with E-state index >= 15 is 0 Å². The Balaban J connectivity index is 2.03. The molecule has 0 spiro atoms. The predicted molar refractivity (Wildman–Crippen MR) is 85.3 cm³/mol. The molecule has 1 heterocycles. The Morgan fingerprint density at radius 3 is 2.64 bits per heavy atom. The van der Waals surface area contributed by atoms with Crippen molar-refractivity contribution in [3.05, 3.63) is 35.4 Å². The molecule has 1 amide bonds. The van der Waals surface area contributed by atoms with Crippen LogP contribution in [0.25, 0.3) is 0 Å². The molecule has 0 saturated heterocycles. The Morgan fingerprint density at radius 1 is 1.41 bits per heavy atom. The quantitative estimate of drug-likeness (QED) is 0.853. The van der Waals surface area contributed by atoms with Crippen LogP contribution in [0.3, 0.4) is 0 Å². The van der Waals surface area contributed by atoms with Crippen LogP contribution in [0.15, 0.2) is 24.3 Å². The maximum absolute atomic E-state index is 11.7. The summed E-state index contributed by atoms with van der Waals surface area (Å²) >= 11 is 0. The van der Waals surface area contributed by atoms with E-state index in [0.29, 0.717) is 19.5 Å². The molecule has 0 radical (unpaired) electrons. The van der Waals surface area contributed by atoms with E-state index in [0.717, 1.165) is 5.56 Å². The molecule has 0 fully saturated rings. The number of carbonyl (C=O) groups is 1. The van der Waals surface area contributed by atoms with Gasteiger partial charge in [0.2, 0.25) is 5.91 Å². The van der Waals surface area contributed by atoms with Gasteiger partial charge in [-0.05, 0) is 38.3 Å². The van der Waals surface area contributed by atoms with Gasteiger partial charge in [0.1, 0.15) is 0 Å². The van der Waals surface area contributed by atoms with Crippen molar-refractivity contribution in [3.8, 4) is 0 Å². The van der Waals surface area contributed by atoms with Crippen molar-refractivity contribution in [3.63, 3.8) is 0 Å². The Kier molecular flexibility index (Phi) is 5.21. The third-order valence-corrected chi connectivity index (χ3v) is 3.83. The van der Waals surface area contributed by atoms with Crippen molar-refractivity contribution in [1.82, 2.24) is 4.90 Å². The average molecular weight is 306 g/mol. The van der Waals surface area contributed by atoms with Crippen molar-refractivity contribution in [2.75, 3.05) is 13.2 Å². The van der Waals surface area contributed by atoms with Crippen molar-refractivity contribution in [2.45, 2.75) is 51.5 Å². The topological polar surface area (TPSA) is 75.8 Å². The Labute approximate surface area is 132 Å². The highest BCUT2D eigenvalue weighted by Crippen LogP contribution is 2.23. The summed E-state index contributed by atoms with van der Waals surface area (Å²) < 4.78 is 5.60. The summed E-state index contributed by atoms with van der Waals surface area (Å²) in [5, 5.41) is 10.2. The van der Waals surface area contributed by atoms with Gasteiger partial charge in [-0.3, -0.25) is 9.69 Å². The molecule has 0 saturated carbocycles. The first-order chi connectivity index (χ1) is 10.3. The van der Waals surface area contributed by atoms with E-state index in [1.807, 2.05) is 43.9 Å². The Bertz CT molecular complexity index is 525. The maximum atomic E-state index is 11.7. The Hall–Kier alpha value is -1.43. The molecule has 3 N–H and O–H groups in total. The summed E-state index contributed by atoms with van der Waals surface area (Å²) in [6.07, 6.45) is -0.0513. The molecule has 0 aliphatic carbocycles. The molecule has 1 aromatic carbocycles. The number of rotatable bonds is 5. The van der Waals surface area contributed by atoms with E-state index in [-0.39, 0.29) is 24.2 Å². The number of amides is 1. The number of aliphatic hydroxyl groups excluding tert-OH is 1. The normalized spacial score (nSPS) is 20.5. The van der Waals surface area contributed by atoms with E-state index in [2.05, 4.69) is 6.07 Å². The molecule has 1 unspecified atom stereocenters. The van der Waals surface area contributed by atoms with Gasteiger partial charge in [-0.15, -0.1) is 0 Å². The molecule has 0 aromatic heterocycles. The second-order valence-corrected chi connectivity index (χ2v) is 6.90. The Morgan fingerprint density at radius 2 is 2.05 bits per heavy atom. The summed E-state index contributed by atoms with van der Waals surface area (Å²) in [6.45, 7) is 7.08. The van der Waals surface area contributed by atoms with Gasteiger partial charge in [0.05, 0.1) is 24.4 Å². The summed E-state index contributed by atoms with van der Waals surface area (Å²) in [5.41, 5.74) is 7.59. The highest BCUT2D eigenvalue weighted by atomic mass is 16.5. The summed E-state index contributed by atoms with van der Waals surface area (Å²) in [4.78, 5) is 13.7. The third kappa shape index (κ3) is 4.53. The molecule has 122 valence electrons. The van der Waals surface area contributed by atoms with Gasteiger partial charge in [-0.1, -0.05) is 24.3 Å². The lowest BCUT2D eigenvalue weighted by molar-refractivity contribution is -0.125. The molecule has 0 bridgehead atoms. The van der Waals surface area contributed by atoms with Gasteiger partial charge in [-0.25, -0.2) is 0 Å². The van der Waals surface area contributed by atoms with Crippen LogP contribution in [0.2, 0.25) is 0 Å². The second-order valence-electron chi connectivity index (χ2n) is 6.90. The third-order valence-electron chi connectivity index (χ3n) is 3.83. The largest absolute Gasteiger partial charge is 0.389 e. The number of nitrogens with two attached hydrogens (primary N) is 1. The summed E-state index contributed by atoms with van der Waals surface area (Å²) in [7, 11) is 0. The minimum Gasteiger partial charge on any atom is -0.389 e. The molecule has 22 heavy (non-hydrogen) atoms. The number of fused-ring (bicyclic) bond motifs is 1. The minimum atomic E-state index is -0.647. The van der Waals surface area contributed by atoms with E-state index < -0.39 is 6.10 Å². The van der Waals surface area contributed by atoms with Gasteiger partial charge in [0.15, 0.2) is 0 Å². The van der Waals surface area contributed by atoms with Crippen LogP contribution in [0.5, 0.6) is 0 Å². The minimum absolute atomic E-state index is 0.243. The van der Waals surface area contributed by atoms with E-state index in [9.17, 15) is 9.90 Å². The van der Waals surface area contributed by atoms with Gasteiger partial charge in [-0.2, -0.15) is 0 Å². The van der Waals surface area contributed by atoms with Crippen LogP contribution in [-0.2, 0) is 22.5 Å². The first-order valence-corrected chi connectivity index (χ1v) is 7.68. The fourth-order valence-corrected chi connectivity index (χ4v) is 2.72. The van der Waals surface area contributed by atoms with Crippen LogP contribution in [0, 0.1) is 0 Å². The lowest BCUT2D eigenvalue weighted by Gasteiger charge is -2.36. The monoisotopic (exact) mass is 306 g/mol. The highest BCUT2D eigenvalue weighted by Gasteiger charge is 2.31. The van der Waals surface area contributed by atoms with Crippen LogP contribution in [0.4, 0.5) is 0 Å². The van der Waals surface area contributed by atoms with Crippen molar-refractivity contribution in [1.29, 1.82) is 0 Å². The number of β-amino-alcohol motifs (C(OH)–C–C–N with tert-alkyl or cyclic N) is 1. The number of nitrogens with zero attached hydrogens (tertiary/aromatic N) is 1. The number of hydrogen-bond acceptors (Lipinski definition) is 4. The van der Waals surface area contributed by atoms with Crippen molar-refractivity contribution >= 4 is 5.91 Å². The fourth-order valence-electron chi connectivity index (χ4n) is 2.72. The maximum Gasteiger partial charge on any atom is 0.235 e.